The van der Waals surface area contributed by atoms with Gasteiger partial charge in [-0.2, -0.15) is 15.3 Å². The van der Waals surface area contributed by atoms with Gasteiger partial charge >= 0.3 is 0 Å². The van der Waals surface area contributed by atoms with Crippen LogP contribution in [0.1, 0.15) is 5.69 Å². The Morgan fingerprint density at radius 2 is 2.38 bits per heavy atom. The number of hydrazone groups is 1. The highest BCUT2D eigenvalue weighted by molar-refractivity contribution is 8.14. The number of thioether (sulfide) groups is 1. The van der Waals surface area contributed by atoms with Crippen LogP contribution in [0.3, 0.4) is 0 Å². The van der Waals surface area contributed by atoms with Crippen molar-refractivity contribution in [1.29, 1.82) is 5.26 Å². The number of ether oxygens (including phenoxy) is 1. The summed E-state index contributed by atoms with van der Waals surface area (Å²) in [5, 5.41) is 14.8. The monoisotopic (exact) mass is 235 g/mol. The molecule has 1 aromatic rings. The standard InChI is InChI=1S/C9H9N5OS/c1-6-5-7(15-2)12-8(11-6)14-9(13-14)16-4-3-10/h5H,4H2,1-2H3. The van der Waals surface area contributed by atoms with Crippen LogP contribution in [0.5, 0.6) is 5.88 Å². The van der Waals surface area contributed by atoms with E-state index in [1.165, 1.54) is 11.8 Å². The second kappa shape index (κ2) is 4.37. The summed E-state index contributed by atoms with van der Waals surface area (Å²) < 4.78 is 5.04. The minimum atomic E-state index is 0.373. The molecule has 0 spiro atoms. The van der Waals surface area contributed by atoms with Gasteiger partial charge in [0.25, 0.3) is 5.95 Å². The lowest BCUT2D eigenvalue weighted by Crippen LogP contribution is -2.07. The number of amidine groups is 1. The van der Waals surface area contributed by atoms with Gasteiger partial charge in [-0.15, -0.1) is 5.10 Å². The van der Waals surface area contributed by atoms with E-state index >= 15 is 0 Å². The average Bonchev–Trinajstić information content (AvgIpc) is 3.05. The van der Waals surface area contributed by atoms with Gasteiger partial charge in [-0.05, 0) is 6.92 Å². The normalized spacial score (nSPS) is 13.1. The zero-order valence-corrected chi connectivity index (χ0v) is 9.65. The predicted molar refractivity (Wildman–Crippen MR) is 61.3 cm³/mol. The second-order valence-corrected chi connectivity index (χ2v) is 3.94. The number of hydrogen-bond acceptors (Lipinski definition) is 7. The molecule has 6 nitrogen and oxygen atoms in total. The van der Waals surface area contributed by atoms with Gasteiger partial charge in [0.2, 0.25) is 11.0 Å². The lowest BCUT2D eigenvalue weighted by Gasteiger charge is -2.04. The number of aryl methyl sites for hydroxylation is 1. The van der Waals surface area contributed by atoms with Crippen LogP contribution in [0.2, 0.25) is 0 Å². The van der Waals surface area contributed by atoms with Gasteiger partial charge in [-0.3, -0.25) is 0 Å². The van der Waals surface area contributed by atoms with E-state index in [0.717, 1.165) is 10.9 Å². The number of rotatable bonds is 3. The van der Waals surface area contributed by atoms with E-state index in [2.05, 4.69) is 15.1 Å². The summed E-state index contributed by atoms with van der Waals surface area (Å²) in [5.41, 5.74) is 0.814. The Balaban J connectivity index is 2.07. The number of nitriles is 1. The van der Waals surface area contributed by atoms with Crippen molar-refractivity contribution < 1.29 is 4.74 Å². The molecular weight excluding hydrogens is 226 g/mol. The van der Waals surface area contributed by atoms with Crippen LogP contribution in [0.4, 0.5) is 5.95 Å². The molecule has 0 bridgehead atoms. The molecule has 0 amide bonds. The molecule has 2 rings (SSSR count). The van der Waals surface area contributed by atoms with E-state index < -0.39 is 0 Å². The van der Waals surface area contributed by atoms with Crippen molar-refractivity contribution in [2.75, 3.05) is 17.9 Å². The van der Waals surface area contributed by atoms with Crippen LogP contribution in [0.25, 0.3) is 0 Å². The number of hydrogen-bond donors (Lipinski definition) is 0. The Bertz CT molecular complexity index is 481. The lowest BCUT2D eigenvalue weighted by molar-refractivity contribution is 0.397. The first-order valence-electron chi connectivity index (χ1n) is 4.52. The van der Waals surface area contributed by atoms with Gasteiger partial charge < -0.3 is 4.74 Å². The van der Waals surface area contributed by atoms with Crippen LogP contribution in [0.15, 0.2) is 11.2 Å². The molecule has 0 radical (unpaired) electrons. The molecule has 0 saturated carbocycles. The first kappa shape index (κ1) is 10.7. The van der Waals surface area contributed by atoms with Crippen molar-refractivity contribution >= 4 is 22.9 Å². The number of aromatic nitrogens is 2. The van der Waals surface area contributed by atoms with Crippen LogP contribution >= 0.6 is 11.8 Å². The van der Waals surface area contributed by atoms with E-state index in [1.807, 2.05) is 13.0 Å². The smallest absolute Gasteiger partial charge is 0.256 e. The fourth-order valence-corrected chi connectivity index (χ4v) is 1.64. The summed E-state index contributed by atoms with van der Waals surface area (Å²) in [6.45, 7) is 1.86. The quantitative estimate of drug-likeness (QED) is 0.782. The fraction of sp³-hybridized carbons (Fsp3) is 0.333. The van der Waals surface area contributed by atoms with Crippen molar-refractivity contribution in [3.63, 3.8) is 0 Å². The van der Waals surface area contributed by atoms with E-state index in [0.29, 0.717) is 17.6 Å². The molecule has 16 heavy (non-hydrogen) atoms. The molecule has 0 aromatic carbocycles. The van der Waals surface area contributed by atoms with Crippen molar-refractivity contribution in [2.45, 2.75) is 6.92 Å². The summed E-state index contributed by atoms with van der Waals surface area (Å²) in [5.74, 6) is 1.37. The zero-order chi connectivity index (χ0) is 11.5. The van der Waals surface area contributed by atoms with Crippen molar-refractivity contribution in [1.82, 2.24) is 9.97 Å². The largest absolute Gasteiger partial charge is 0.481 e. The molecule has 0 saturated heterocycles. The number of methoxy groups -OCH3 is 1. The van der Waals surface area contributed by atoms with E-state index in [-0.39, 0.29) is 0 Å². The minimum Gasteiger partial charge on any atom is -0.481 e. The van der Waals surface area contributed by atoms with Crippen LogP contribution in [-0.4, -0.2) is 28.0 Å². The van der Waals surface area contributed by atoms with Gasteiger partial charge in [-0.25, -0.2) is 4.98 Å². The Labute approximate surface area is 96.9 Å². The lowest BCUT2D eigenvalue weighted by atomic mass is 10.4. The van der Waals surface area contributed by atoms with Gasteiger partial charge in [0.05, 0.1) is 18.9 Å². The van der Waals surface area contributed by atoms with Gasteiger partial charge in [-0.1, -0.05) is 11.8 Å². The summed E-state index contributed by atoms with van der Waals surface area (Å²) >= 11 is 1.36. The van der Waals surface area contributed by atoms with E-state index in [9.17, 15) is 0 Å². The molecule has 0 N–H and O–H groups in total. The van der Waals surface area contributed by atoms with Gasteiger partial charge in [0.15, 0.2) is 0 Å². The molecule has 0 unspecified atom stereocenters. The fourth-order valence-electron chi connectivity index (χ4n) is 1.10. The molecule has 2 heterocycles. The van der Waals surface area contributed by atoms with Gasteiger partial charge in [0, 0.05) is 11.8 Å². The topological polar surface area (TPSA) is 74.2 Å². The van der Waals surface area contributed by atoms with E-state index in [4.69, 9.17) is 10.00 Å². The Morgan fingerprint density at radius 3 is 3.06 bits per heavy atom. The summed E-state index contributed by atoms with van der Waals surface area (Å²) in [7, 11) is 1.56. The minimum absolute atomic E-state index is 0.373. The predicted octanol–water partition coefficient (Wildman–Crippen LogP) is 1.14. The molecule has 0 aliphatic carbocycles. The van der Waals surface area contributed by atoms with Gasteiger partial charge in [0.1, 0.15) is 0 Å². The van der Waals surface area contributed by atoms with Crippen molar-refractivity contribution in [3.05, 3.63) is 11.8 Å². The maximum Gasteiger partial charge on any atom is 0.256 e. The average molecular weight is 235 g/mol. The SMILES string of the molecule is COc1cc(C)nc(N2N=C2SCC#N)n1. The Hall–Kier alpha value is -1.81. The Morgan fingerprint density at radius 1 is 1.56 bits per heavy atom. The summed E-state index contributed by atoms with van der Waals surface area (Å²) in [6, 6.07) is 3.78. The molecule has 1 aromatic heterocycles. The maximum absolute atomic E-state index is 8.43. The van der Waals surface area contributed by atoms with Crippen LogP contribution < -0.4 is 9.75 Å². The maximum atomic E-state index is 8.43. The first-order valence-corrected chi connectivity index (χ1v) is 5.51. The zero-order valence-electron chi connectivity index (χ0n) is 8.84. The highest BCUT2D eigenvalue weighted by atomic mass is 32.2. The van der Waals surface area contributed by atoms with Crippen molar-refractivity contribution in [3.8, 4) is 11.9 Å². The highest BCUT2D eigenvalue weighted by Gasteiger charge is 2.29. The second-order valence-electron chi connectivity index (χ2n) is 2.99. The van der Waals surface area contributed by atoms with E-state index in [1.54, 1.807) is 18.2 Å². The number of nitrogens with zero attached hydrogens (tertiary/aromatic N) is 5. The molecule has 0 atom stereocenters. The van der Waals surface area contributed by atoms with Crippen molar-refractivity contribution in [2.24, 2.45) is 5.10 Å². The summed E-state index contributed by atoms with van der Waals surface area (Å²) in [6.07, 6.45) is 0. The molecular formula is C9H9N5OS. The first-order chi connectivity index (χ1) is 7.74. The third-order valence-electron chi connectivity index (χ3n) is 1.81. The molecule has 1 aliphatic heterocycles. The molecule has 7 heteroatoms. The Kier molecular flexibility index (Phi) is 2.92. The third kappa shape index (κ3) is 2.23. The highest BCUT2D eigenvalue weighted by Crippen LogP contribution is 2.27. The van der Waals surface area contributed by atoms with Crippen LogP contribution in [-0.2, 0) is 0 Å². The molecule has 82 valence electrons. The summed E-state index contributed by atoms with van der Waals surface area (Å²) in [4.78, 5) is 8.38. The third-order valence-corrected chi connectivity index (χ3v) is 2.60. The van der Waals surface area contributed by atoms with Crippen LogP contribution in [0, 0.1) is 18.3 Å². The molecule has 0 fully saturated rings. The molecule has 1 aliphatic rings. The number of anilines is 1.